The summed E-state index contributed by atoms with van der Waals surface area (Å²) >= 11 is 0. The van der Waals surface area contributed by atoms with Crippen molar-refractivity contribution in [2.75, 3.05) is 0 Å². The summed E-state index contributed by atoms with van der Waals surface area (Å²) in [6.45, 7) is 6.38. The Morgan fingerprint density at radius 2 is 1.23 bits per heavy atom. The van der Waals surface area contributed by atoms with E-state index < -0.39 is 18.3 Å². The van der Waals surface area contributed by atoms with Crippen LogP contribution < -0.4 is 0 Å². The second-order valence-electron chi connectivity index (χ2n) is 8.02. The highest BCUT2D eigenvalue weighted by atomic mass is 16.3. The van der Waals surface area contributed by atoms with Crippen molar-refractivity contribution >= 4 is 0 Å². The topological polar surface area (TPSA) is 60.7 Å². The Balaban J connectivity index is 2.17. The van der Waals surface area contributed by atoms with Crippen molar-refractivity contribution in [2.45, 2.75) is 110 Å². The summed E-state index contributed by atoms with van der Waals surface area (Å²) < 4.78 is 0. The molecule has 1 aromatic carbocycles. The maximum absolute atomic E-state index is 10.2. The molecule has 3 atom stereocenters. The number of hydrogen-bond acceptors (Lipinski definition) is 3. The Kier molecular flexibility index (Phi) is 11.8. The summed E-state index contributed by atoms with van der Waals surface area (Å²) in [5.74, 6) is 0. The third-order valence-corrected chi connectivity index (χ3v) is 5.03. The second-order valence-corrected chi connectivity index (χ2v) is 8.02. The Morgan fingerprint density at radius 1 is 0.692 bits per heavy atom. The lowest BCUT2D eigenvalue weighted by atomic mass is 9.97. The number of hydrogen-bond donors (Lipinski definition) is 3. The van der Waals surface area contributed by atoms with Crippen LogP contribution in [0.2, 0.25) is 0 Å². The lowest BCUT2D eigenvalue weighted by Crippen LogP contribution is -2.23. The standard InChI is InChI=1S/C23H40O3/c1-4-5-6-7-8-9-10-21(24)16-23(26)17-22(25)12-11-20-14-18(2)13-19(3)15-20/h13-15,21-26H,4-12,16-17H2,1-3H3. The first kappa shape index (κ1) is 23.1. The van der Waals surface area contributed by atoms with Crippen LogP contribution in [-0.2, 0) is 6.42 Å². The van der Waals surface area contributed by atoms with Crippen molar-refractivity contribution in [3.8, 4) is 0 Å². The van der Waals surface area contributed by atoms with Gasteiger partial charge in [0.15, 0.2) is 0 Å². The van der Waals surface area contributed by atoms with E-state index in [2.05, 4.69) is 39.0 Å². The molecule has 26 heavy (non-hydrogen) atoms. The summed E-state index contributed by atoms with van der Waals surface area (Å²) in [4.78, 5) is 0. The Labute approximate surface area is 160 Å². The zero-order valence-electron chi connectivity index (χ0n) is 17.1. The fourth-order valence-corrected chi connectivity index (χ4v) is 3.67. The molecule has 3 heteroatoms. The predicted molar refractivity (Wildman–Crippen MR) is 109 cm³/mol. The molecule has 0 bridgehead atoms. The van der Waals surface area contributed by atoms with Crippen LogP contribution in [0, 0.1) is 13.8 Å². The Bertz CT molecular complexity index is 466. The van der Waals surface area contributed by atoms with Crippen LogP contribution in [0.15, 0.2) is 18.2 Å². The molecule has 0 saturated heterocycles. The van der Waals surface area contributed by atoms with Crippen molar-refractivity contribution < 1.29 is 15.3 Å². The summed E-state index contributed by atoms with van der Waals surface area (Å²) in [5.41, 5.74) is 3.72. The molecule has 0 spiro atoms. The van der Waals surface area contributed by atoms with Crippen molar-refractivity contribution in [1.82, 2.24) is 0 Å². The molecule has 3 nitrogen and oxygen atoms in total. The molecular formula is C23H40O3. The lowest BCUT2D eigenvalue weighted by Gasteiger charge is -2.19. The predicted octanol–water partition coefficient (Wildman–Crippen LogP) is 4.85. The molecule has 150 valence electrons. The molecule has 0 saturated carbocycles. The third kappa shape index (κ3) is 10.9. The average Bonchev–Trinajstić information content (AvgIpc) is 2.55. The van der Waals surface area contributed by atoms with E-state index in [1.165, 1.54) is 42.4 Å². The monoisotopic (exact) mass is 364 g/mol. The Morgan fingerprint density at radius 3 is 1.85 bits per heavy atom. The molecule has 1 rings (SSSR count). The minimum Gasteiger partial charge on any atom is -0.393 e. The maximum atomic E-state index is 10.2. The first-order valence-corrected chi connectivity index (χ1v) is 10.5. The molecule has 3 unspecified atom stereocenters. The molecule has 0 heterocycles. The van der Waals surface area contributed by atoms with Gasteiger partial charge < -0.3 is 15.3 Å². The average molecular weight is 365 g/mol. The maximum Gasteiger partial charge on any atom is 0.0589 e. The fourth-order valence-electron chi connectivity index (χ4n) is 3.67. The van der Waals surface area contributed by atoms with Gasteiger partial charge in [0.2, 0.25) is 0 Å². The molecule has 0 aromatic heterocycles. The first-order chi connectivity index (χ1) is 12.4. The van der Waals surface area contributed by atoms with E-state index in [4.69, 9.17) is 0 Å². The molecule has 0 aliphatic carbocycles. The number of benzene rings is 1. The van der Waals surface area contributed by atoms with Gasteiger partial charge in [-0.15, -0.1) is 0 Å². The highest BCUT2D eigenvalue weighted by molar-refractivity contribution is 5.28. The van der Waals surface area contributed by atoms with Crippen LogP contribution in [0.25, 0.3) is 0 Å². The van der Waals surface area contributed by atoms with Gasteiger partial charge in [0.1, 0.15) is 0 Å². The quantitative estimate of drug-likeness (QED) is 0.414. The highest BCUT2D eigenvalue weighted by Crippen LogP contribution is 2.16. The van der Waals surface area contributed by atoms with Crippen molar-refractivity contribution in [1.29, 1.82) is 0 Å². The highest BCUT2D eigenvalue weighted by Gasteiger charge is 2.16. The first-order valence-electron chi connectivity index (χ1n) is 10.5. The van der Waals surface area contributed by atoms with E-state index in [1.54, 1.807) is 0 Å². The number of aliphatic hydroxyl groups excluding tert-OH is 3. The molecule has 0 fully saturated rings. The van der Waals surface area contributed by atoms with Crippen LogP contribution in [-0.4, -0.2) is 33.6 Å². The van der Waals surface area contributed by atoms with Gasteiger partial charge in [0, 0.05) is 0 Å². The van der Waals surface area contributed by atoms with Crippen molar-refractivity contribution in [3.05, 3.63) is 34.9 Å². The van der Waals surface area contributed by atoms with Gasteiger partial charge in [-0.05, 0) is 51.5 Å². The smallest absolute Gasteiger partial charge is 0.0589 e. The number of unbranched alkanes of at least 4 members (excludes halogenated alkanes) is 5. The van der Waals surface area contributed by atoms with Crippen LogP contribution in [0.5, 0.6) is 0 Å². The zero-order chi connectivity index (χ0) is 19.4. The molecule has 0 aliphatic rings. The summed E-state index contributed by atoms with van der Waals surface area (Å²) in [6.07, 6.45) is 8.57. The lowest BCUT2D eigenvalue weighted by molar-refractivity contribution is 0.0343. The van der Waals surface area contributed by atoms with Gasteiger partial charge >= 0.3 is 0 Å². The molecule has 0 amide bonds. The molecule has 1 aromatic rings. The summed E-state index contributed by atoms with van der Waals surface area (Å²) in [6, 6.07) is 6.45. The van der Waals surface area contributed by atoms with Gasteiger partial charge in [0.05, 0.1) is 18.3 Å². The SMILES string of the molecule is CCCCCCCCC(O)CC(O)CC(O)CCc1cc(C)cc(C)c1. The molecular weight excluding hydrogens is 324 g/mol. The number of rotatable bonds is 14. The minimum absolute atomic E-state index is 0.346. The summed E-state index contributed by atoms with van der Waals surface area (Å²) in [7, 11) is 0. The van der Waals surface area contributed by atoms with E-state index in [9.17, 15) is 15.3 Å². The second kappa shape index (κ2) is 13.3. The van der Waals surface area contributed by atoms with E-state index in [1.807, 2.05) is 0 Å². The van der Waals surface area contributed by atoms with Gasteiger partial charge in [-0.25, -0.2) is 0 Å². The third-order valence-electron chi connectivity index (χ3n) is 5.03. The molecule has 0 aliphatic heterocycles. The van der Waals surface area contributed by atoms with Crippen LogP contribution in [0.1, 0.15) is 87.8 Å². The van der Waals surface area contributed by atoms with E-state index in [0.717, 1.165) is 25.7 Å². The molecule has 0 radical (unpaired) electrons. The minimum atomic E-state index is -0.626. The van der Waals surface area contributed by atoms with Crippen LogP contribution in [0.4, 0.5) is 0 Å². The largest absolute Gasteiger partial charge is 0.393 e. The van der Waals surface area contributed by atoms with Crippen molar-refractivity contribution in [3.63, 3.8) is 0 Å². The number of aryl methyl sites for hydroxylation is 3. The Hall–Kier alpha value is -0.900. The normalized spacial score (nSPS) is 15.0. The van der Waals surface area contributed by atoms with Gasteiger partial charge in [-0.3, -0.25) is 0 Å². The van der Waals surface area contributed by atoms with Gasteiger partial charge in [-0.1, -0.05) is 74.8 Å². The van der Waals surface area contributed by atoms with E-state index in [-0.39, 0.29) is 0 Å². The molecule has 3 N–H and O–H groups in total. The fraction of sp³-hybridized carbons (Fsp3) is 0.739. The van der Waals surface area contributed by atoms with Crippen LogP contribution >= 0.6 is 0 Å². The van der Waals surface area contributed by atoms with E-state index in [0.29, 0.717) is 19.3 Å². The van der Waals surface area contributed by atoms with Crippen LogP contribution in [0.3, 0.4) is 0 Å². The van der Waals surface area contributed by atoms with Gasteiger partial charge in [-0.2, -0.15) is 0 Å². The van der Waals surface area contributed by atoms with Gasteiger partial charge in [0.25, 0.3) is 0 Å². The zero-order valence-corrected chi connectivity index (χ0v) is 17.1. The van der Waals surface area contributed by atoms with Crippen molar-refractivity contribution in [2.24, 2.45) is 0 Å². The van der Waals surface area contributed by atoms with E-state index >= 15 is 0 Å². The summed E-state index contributed by atoms with van der Waals surface area (Å²) in [5, 5.41) is 30.4. The number of aliphatic hydroxyl groups is 3.